The van der Waals surface area contributed by atoms with Gasteiger partial charge in [0.2, 0.25) is 5.91 Å². The van der Waals surface area contributed by atoms with Gasteiger partial charge in [0.15, 0.2) is 0 Å². The Labute approximate surface area is 142 Å². The van der Waals surface area contributed by atoms with Gasteiger partial charge < -0.3 is 4.74 Å². The van der Waals surface area contributed by atoms with Crippen molar-refractivity contribution in [2.24, 2.45) is 5.10 Å². The predicted molar refractivity (Wildman–Crippen MR) is 91.6 cm³/mol. The minimum absolute atomic E-state index is 0.195. The lowest BCUT2D eigenvalue weighted by atomic mass is 10.1. The lowest BCUT2D eigenvalue weighted by Gasteiger charge is -2.04. The number of hydrogen-bond acceptors (Lipinski definition) is 3. The van der Waals surface area contributed by atoms with E-state index in [-0.39, 0.29) is 12.3 Å². The van der Waals surface area contributed by atoms with Crippen molar-refractivity contribution in [2.45, 2.75) is 6.42 Å². The number of benzene rings is 2. The average molecular weight is 382 g/mol. The van der Waals surface area contributed by atoms with Crippen molar-refractivity contribution in [3.63, 3.8) is 0 Å². The number of nitrogens with one attached hydrogen (secondary N) is 1. The van der Waals surface area contributed by atoms with Crippen LogP contribution in [0, 0.1) is 0 Å². The highest BCUT2D eigenvalue weighted by atomic mass is 79.9. The summed E-state index contributed by atoms with van der Waals surface area (Å²) in [5, 5.41) is 4.51. The topological polar surface area (TPSA) is 50.7 Å². The van der Waals surface area contributed by atoms with E-state index in [0.29, 0.717) is 16.3 Å². The Balaban J connectivity index is 1.96. The van der Waals surface area contributed by atoms with Gasteiger partial charge in [-0.15, -0.1) is 0 Å². The number of carbonyl (C=O) groups excluding carboxylic acids is 1. The zero-order valence-electron chi connectivity index (χ0n) is 11.8. The van der Waals surface area contributed by atoms with Crippen molar-refractivity contribution in [1.82, 2.24) is 5.43 Å². The van der Waals surface area contributed by atoms with Crippen LogP contribution in [0.2, 0.25) is 5.02 Å². The molecule has 0 fully saturated rings. The zero-order chi connectivity index (χ0) is 15.9. The summed E-state index contributed by atoms with van der Waals surface area (Å²) in [4.78, 5) is 11.8. The molecule has 0 bridgehead atoms. The molecule has 2 aromatic carbocycles. The van der Waals surface area contributed by atoms with Gasteiger partial charge in [0.1, 0.15) is 5.75 Å². The maximum absolute atomic E-state index is 11.8. The van der Waals surface area contributed by atoms with Gasteiger partial charge in [0, 0.05) is 15.1 Å². The molecule has 114 valence electrons. The van der Waals surface area contributed by atoms with Crippen LogP contribution in [0.1, 0.15) is 11.1 Å². The van der Waals surface area contributed by atoms with Gasteiger partial charge in [0.25, 0.3) is 0 Å². The van der Waals surface area contributed by atoms with Crippen LogP contribution in [0.3, 0.4) is 0 Å². The van der Waals surface area contributed by atoms with Crippen LogP contribution in [-0.4, -0.2) is 19.2 Å². The van der Waals surface area contributed by atoms with Crippen LogP contribution in [0.4, 0.5) is 0 Å². The summed E-state index contributed by atoms with van der Waals surface area (Å²) in [6.07, 6.45) is 1.77. The van der Waals surface area contributed by atoms with E-state index in [1.807, 2.05) is 24.3 Å². The van der Waals surface area contributed by atoms with Crippen LogP contribution in [0.5, 0.6) is 5.75 Å². The first kappa shape index (κ1) is 16.5. The number of amides is 1. The zero-order valence-corrected chi connectivity index (χ0v) is 14.2. The number of rotatable bonds is 5. The van der Waals surface area contributed by atoms with Crippen LogP contribution < -0.4 is 10.2 Å². The van der Waals surface area contributed by atoms with Gasteiger partial charge in [-0.05, 0) is 35.9 Å². The molecule has 0 aliphatic rings. The normalized spacial score (nSPS) is 10.7. The fraction of sp³-hybridized carbons (Fsp3) is 0.125. The molecule has 0 aliphatic carbocycles. The van der Waals surface area contributed by atoms with Crippen LogP contribution in [0.25, 0.3) is 0 Å². The van der Waals surface area contributed by atoms with Crippen molar-refractivity contribution in [1.29, 1.82) is 0 Å². The number of hydrogen-bond donors (Lipinski definition) is 1. The summed E-state index contributed by atoms with van der Waals surface area (Å²) in [7, 11) is 1.56. The molecule has 0 unspecified atom stereocenters. The van der Waals surface area contributed by atoms with Crippen LogP contribution in [-0.2, 0) is 11.2 Å². The van der Waals surface area contributed by atoms with Crippen molar-refractivity contribution < 1.29 is 9.53 Å². The smallest absolute Gasteiger partial charge is 0.244 e. The van der Waals surface area contributed by atoms with Crippen molar-refractivity contribution in [3.05, 3.63) is 63.1 Å². The van der Waals surface area contributed by atoms with Crippen molar-refractivity contribution in [2.75, 3.05) is 7.11 Å². The first-order chi connectivity index (χ1) is 10.6. The first-order valence-corrected chi connectivity index (χ1v) is 7.65. The SMILES string of the molecule is COc1ccc(Cl)cc1/C=N\NC(=O)Cc1ccc(Br)cc1. The third-order valence-corrected chi connectivity index (χ3v) is 3.63. The fourth-order valence-electron chi connectivity index (χ4n) is 1.81. The second-order valence-corrected chi connectivity index (χ2v) is 5.83. The summed E-state index contributed by atoms with van der Waals surface area (Å²) in [5.41, 5.74) is 4.09. The highest BCUT2D eigenvalue weighted by Crippen LogP contribution is 2.20. The molecule has 0 aromatic heterocycles. The molecule has 1 N–H and O–H groups in total. The highest BCUT2D eigenvalue weighted by molar-refractivity contribution is 9.10. The van der Waals surface area contributed by atoms with E-state index in [9.17, 15) is 4.79 Å². The molecule has 0 heterocycles. The lowest BCUT2D eigenvalue weighted by Crippen LogP contribution is -2.19. The third kappa shape index (κ3) is 4.86. The molecule has 4 nitrogen and oxygen atoms in total. The Morgan fingerprint density at radius 1 is 1.32 bits per heavy atom. The molecule has 0 radical (unpaired) electrons. The molecular formula is C16H14BrClN2O2. The summed E-state index contributed by atoms with van der Waals surface area (Å²) < 4.78 is 6.17. The maximum Gasteiger partial charge on any atom is 0.244 e. The monoisotopic (exact) mass is 380 g/mol. The standard InChI is InChI=1S/C16H14BrClN2O2/c1-22-15-7-6-14(18)9-12(15)10-19-20-16(21)8-11-2-4-13(17)5-3-11/h2-7,9-10H,8H2,1H3,(H,20,21)/b19-10-. The molecule has 6 heteroatoms. The highest BCUT2D eigenvalue weighted by Gasteiger charge is 2.03. The minimum atomic E-state index is -0.195. The number of hydrazone groups is 1. The van der Waals surface area contributed by atoms with E-state index >= 15 is 0 Å². The van der Waals surface area contributed by atoms with Gasteiger partial charge in [-0.3, -0.25) is 4.79 Å². The maximum atomic E-state index is 11.8. The summed E-state index contributed by atoms with van der Waals surface area (Å²) in [5.74, 6) is 0.440. The van der Waals surface area contributed by atoms with E-state index < -0.39 is 0 Å². The van der Waals surface area contributed by atoms with Crippen LogP contribution in [0.15, 0.2) is 52.0 Å². The molecule has 0 aliphatic heterocycles. The Morgan fingerprint density at radius 2 is 2.05 bits per heavy atom. The fourth-order valence-corrected chi connectivity index (χ4v) is 2.25. The van der Waals surface area contributed by atoms with Gasteiger partial charge in [0.05, 0.1) is 19.7 Å². The lowest BCUT2D eigenvalue weighted by molar-refractivity contribution is -0.120. The number of methoxy groups -OCH3 is 1. The molecule has 1 amide bonds. The Kier molecular flexibility index (Phi) is 5.98. The largest absolute Gasteiger partial charge is 0.496 e. The molecule has 0 spiro atoms. The minimum Gasteiger partial charge on any atom is -0.496 e. The molecule has 2 aromatic rings. The van der Waals surface area contributed by atoms with Gasteiger partial charge in [-0.25, -0.2) is 5.43 Å². The Morgan fingerprint density at radius 3 is 2.73 bits per heavy atom. The number of ether oxygens (including phenoxy) is 1. The van der Waals surface area contributed by atoms with Crippen molar-refractivity contribution >= 4 is 39.7 Å². The second kappa shape index (κ2) is 7.96. The van der Waals surface area contributed by atoms with E-state index in [2.05, 4.69) is 26.5 Å². The molecule has 0 atom stereocenters. The molecule has 22 heavy (non-hydrogen) atoms. The third-order valence-electron chi connectivity index (χ3n) is 2.86. The number of nitrogens with zero attached hydrogens (tertiary/aromatic N) is 1. The van der Waals surface area contributed by atoms with Crippen LogP contribution >= 0.6 is 27.5 Å². The van der Waals surface area contributed by atoms with Crippen molar-refractivity contribution in [3.8, 4) is 5.75 Å². The molecular weight excluding hydrogens is 368 g/mol. The Bertz CT molecular complexity index is 687. The number of halogens is 2. The molecule has 0 saturated heterocycles. The summed E-state index contributed by atoms with van der Waals surface area (Å²) >= 11 is 9.28. The summed E-state index contributed by atoms with van der Waals surface area (Å²) in [6, 6.07) is 12.7. The van der Waals surface area contributed by atoms with E-state index in [1.54, 1.807) is 25.3 Å². The van der Waals surface area contributed by atoms with E-state index in [1.165, 1.54) is 6.21 Å². The first-order valence-electron chi connectivity index (χ1n) is 6.48. The quantitative estimate of drug-likeness (QED) is 0.632. The average Bonchev–Trinajstić information content (AvgIpc) is 2.50. The number of carbonyl (C=O) groups is 1. The van der Waals surface area contributed by atoms with E-state index in [4.69, 9.17) is 16.3 Å². The summed E-state index contributed by atoms with van der Waals surface area (Å²) in [6.45, 7) is 0. The van der Waals surface area contributed by atoms with Gasteiger partial charge >= 0.3 is 0 Å². The molecule has 2 rings (SSSR count). The second-order valence-electron chi connectivity index (χ2n) is 4.48. The Hall–Kier alpha value is -1.85. The van der Waals surface area contributed by atoms with Gasteiger partial charge in [-0.2, -0.15) is 5.10 Å². The van der Waals surface area contributed by atoms with E-state index in [0.717, 1.165) is 10.0 Å². The predicted octanol–water partition coefficient (Wildman–Crippen LogP) is 3.80. The van der Waals surface area contributed by atoms with Gasteiger partial charge in [-0.1, -0.05) is 39.7 Å². The molecule has 0 saturated carbocycles.